The molecule has 0 bridgehead atoms. The lowest BCUT2D eigenvalue weighted by atomic mass is 9.94. The first kappa shape index (κ1) is 22.0. The topological polar surface area (TPSA) is 84.0 Å². The van der Waals surface area contributed by atoms with Gasteiger partial charge in [-0.25, -0.2) is 0 Å². The second-order valence-corrected chi connectivity index (χ2v) is 10.1. The van der Waals surface area contributed by atoms with E-state index < -0.39 is 0 Å². The Morgan fingerprint density at radius 1 is 0.514 bits per heavy atom. The Morgan fingerprint density at radius 2 is 0.886 bits per heavy atom. The molecule has 2 saturated carbocycles. The Morgan fingerprint density at radius 3 is 1.29 bits per heavy atom. The quantitative estimate of drug-likeness (QED) is 0.561. The van der Waals surface area contributed by atoms with Gasteiger partial charge in [0, 0.05) is 12.1 Å². The molecule has 2 aliphatic carbocycles. The lowest BCUT2D eigenvalue weighted by Gasteiger charge is -2.29. The van der Waals surface area contributed by atoms with E-state index >= 15 is 0 Å². The highest BCUT2D eigenvalue weighted by Gasteiger charge is 2.42. The van der Waals surface area contributed by atoms with Crippen molar-refractivity contribution in [2.45, 2.75) is 76.3 Å². The van der Waals surface area contributed by atoms with E-state index in [0.717, 1.165) is 64.2 Å². The van der Waals surface area contributed by atoms with Gasteiger partial charge in [0.25, 0.3) is 23.6 Å². The minimum Gasteiger partial charge on any atom is -0.457 e. The van der Waals surface area contributed by atoms with Crippen LogP contribution in [0.5, 0.6) is 11.5 Å². The molecule has 2 aromatic rings. The van der Waals surface area contributed by atoms with Crippen LogP contribution in [-0.2, 0) is 0 Å². The summed E-state index contributed by atoms with van der Waals surface area (Å²) in [6, 6.07) is 9.76. The largest absolute Gasteiger partial charge is 0.457 e. The summed E-state index contributed by atoms with van der Waals surface area (Å²) in [5, 5.41) is 0. The summed E-state index contributed by atoms with van der Waals surface area (Å²) in [4.78, 5) is 54.9. The standard InChI is InChI=1S/C28H28N2O5/c31-25-21-13-11-19(15-23(21)27(33)29(25)17-7-3-1-4-8-17)35-20-12-14-22-24(16-20)28(34)30(26(22)32)18-9-5-2-6-10-18/h11-18H,1-10H2. The summed E-state index contributed by atoms with van der Waals surface area (Å²) in [6.07, 6.45) is 9.84. The van der Waals surface area contributed by atoms with Gasteiger partial charge in [-0.1, -0.05) is 38.5 Å². The molecule has 0 N–H and O–H groups in total. The molecule has 2 aliphatic heterocycles. The molecule has 0 unspecified atom stereocenters. The van der Waals surface area contributed by atoms with Crippen LogP contribution in [0.2, 0.25) is 0 Å². The molecule has 4 amide bonds. The summed E-state index contributed by atoms with van der Waals surface area (Å²) >= 11 is 0. The fraction of sp³-hybridized carbons (Fsp3) is 0.429. The molecule has 0 aromatic heterocycles. The maximum atomic E-state index is 13.1. The van der Waals surface area contributed by atoms with Crippen molar-refractivity contribution in [1.82, 2.24) is 9.80 Å². The highest BCUT2D eigenvalue weighted by atomic mass is 16.5. The second-order valence-electron chi connectivity index (χ2n) is 10.1. The molecule has 0 atom stereocenters. The van der Waals surface area contributed by atoms with E-state index in [9.17, 15) is 19.2 Å². The molecule has 0 saturated heterocycles. The van der Waals surface area contributed by atoms with Crippen LogP contribution in [0.25, 0.3) is 0 Å². The van der Waals surface area contributed by atoms with Crippen LogP contribution < -0.4 is 4.74 Å². The van der Waals surface area contributed by atoms with Gasteiger partial charge in [0.05, 0.1) is 22.3 Å². The normalized spacial score (nSPS) is 21.0. The molecular formula is C28H28N2O5. The Bertz CT molecular complexity index is 1140. The Hall–Kier alpha value is -3.48. The van der Waals surface area contributed by atoms with E-state index in [4.69, 9.17) is 4.74 Å². The summed E-state index contributed by atoms with van der Waals surface area (Å²) in [5.74, 6) is -0.159. The van der Waals surface area contributed by atoms with Crippen molar-refractivity contribution in [3.8, 4) is 11.5 Å². The molecule has 2 aromatic carbocycles. The lowest BCUT2D eigenvalue weighted by Crippen LogP contribution is -2.40. The van der Waals surface area contributed by atoms with Crippen LogP contribution in [0.15, 0.2) is 36.4 Å². The van der Waals surface area contributed by atoms with Gasteiger partial charge in [-0.15, -0.1) is 0 Å². The van der Waals surface area contributed by atoms with Gasteiger partial charge < -0.3 is 4.74 Å². The Labute approximate surface area is 204 Å². The molecule has 4 aliphatic rings. The average Bonchev–Trinajstić information content (AvgIpc) is 3.28. The number of hydrogen-bond donors (Lipinski definition) is 0. The number of amides is 4. The van der Waals surface area contributed by atoms with Gasteiger partial charge in [-0.2, -0.15) is 0 Å². The highest BCUT2D eigenvalue weighted by Crippen LogP contribution is 2.36. The minimum atomic E-state index is -0.264. The first-order valence-electron chi connectivity index (χ1n) is 12.7. The van der Waals surface area contributed by atoms with Crippen molar-refractivity contribution in [2.75, 3.05) is 0 Å². The smallest absolute Gasteiger partial charge is 0.261 e. The van der Waals surface area contributed by atoms with Crippen molar-refractivity contribution in [1.29, 1.82) is 0 Å². The zero-order chi connectivity index (χ0) is 24.1. The average molecular weight is 473 g/mol. The van der Waals surface area contributed by atoms with Crippen molar-refractivity contribution >= 4 is 23.6 Å². The third-order valence-electron chi connectivity index (χ3n) is 7.89. The van der Waals surface area contributed by atoms with E-state index in [-0.39, 0.29) is 35.7 Å². The van der Waals surface area contributed by atoms with Gasteiger partial charge in [0.1, 0.15) is 11.5 Å². The fourth-order valence-electron chi connectivity index (χ4n) is 6.08. The van der Waals surface area contributed by atoms with Gasteiger partial charge in [0.2, 0.25) is 0 Å². The third-order valence-corrected chi connectivity index (χ3v) is 7.89. The number of fused-ring (bicyclic) bond motifs is 2. The maximum Gasteiger partial charge on any atom is 0.261 e. The highest BCUT2D eigenvalue weighted by molar-refractivity contribution is 6.22. The number of carbonyl (C=O) groups excluding carboxylic acids is 4. The minimum absolute atomic E-state index is 0.0344. The van der Waals surface area contributed by atoms with Crippen molar-refractivity contribution < 1.29 is 23.9 Å². The number of hydrogen-bond acceptors (Lipinski definition) is 5. The number of imide groups is 2. The molecular weight excluding hydrogens is 444 g/mol. The molecule has 0 spiro atoms. The summed E-state index contributed by atoms with van der Waals surface area (Å²) < 4.78 is 5.99. The lowest BCUT2D eigenvalue weighted by molar-refractivity contribution is 0.0533. The zero-order valence-electron chi connectivity index (χ0n) is 19.6. The Balaban J connectivity index is 1.23. The summed E-state index contributed by atoms with van der Waals surface area (Å²) in [7, 11) is 0. The second kappa shape index (κ2) is 8.63. The number of ether oxygens (including phenoxy) is 1. The van der Waals surface area contributed by atoms with E-state index in [0.29, 0.717) is 33.8 Å². The molecule has 6 rings (SSSR count). The maximum absolute atomic E-state index is 13.1. The molecule has 7 heteroatoms. The van der Waals surface area contributed by atoms with Crippen LogP contribution in [0.4, 0.5) is 0 Å². The van der Waals surface area contributed by atoms with Crippen molar-refractivity contribution in [3.05, 3.63) is 58.7 Å². The predicted octanol–water partition coefficient (Wildman–Crippen LogP) is 5.34. The fourth-order valence-corrected chi connectivity index (χ4v) is 6.08. The predicted molar refractivity (Wildman–Crippen MR) is 128 cm³/mol. The molecule has 2 fully saturated rings. The molecule has 2 heterocycles. The van der Waals surface area contributed by atoms with E-state index in [1.165, 1.54) is 9.80 Å². The number of carbonyl (C=O) groups is 4. The van der Waals surface area contributed by atoms with Crippen LogP contribution in [-0.4, -0.2) is 45.5 Å². The van der Waals surface area contributed by atoms with Gasteiger partial charge in [-0.3, -0.25) is 29.0 Å². The molecule has 0 radical (unpaired) electrons. The van der Waals surface area contributed by atoms with Gasteiger partial charge in [0.15, 0.2) is 0 Å². The Kier molecular flexibility index (Phi) is 5.43. The van der Waals surface area contributed by atoms with Crippen molar-refractivity contribution in [3.63, 3.8) is 0 Å². The van der Waals surface area contributed by atoms with Gasteiger partial charge >= 0.3 is 0 Å². The van der Waals surface area contributed by atoms with Crippen LogP contribution in [0, 0.1) is 0 Å². The van der Waals surface area contributed by atoms with Crippen LogP contribution in [0.3, 0.4) is 0 Å². The van der Waals surface area contributed by atoms with Crippen LogP contribution in [0.1, 0.15) is 106 Å². The monoisotopic (exact) mass is 472 g/mol. The SMILES string of the molecule is O=C1c2ccc(Oc3ccc4c(c3)C(=O)N(C3CCCCC3)C4=O)cc2C(=O)N1C1CCCCC1. The van der Waals surface area contributed by atoms with E-state index in [1.807, 2.05) is 0 Å². The summed E-state index contributed by atoms with van der Waals surface area (Å²) in [5.41, 5.74) is 1.53. The number of nitrogens with zero attached hydrogens (tertiary/aromatic N) is 2. The first-order valence-corrected chi connectivity index (χ1v) is 12.7. The van der Waals surface area contributed by atoms with Gasteiger partial charge in [-0.05, 0) is 62.1 Å². The van der Waals surface area contributed by atoms with E-state index in [2.05, 4.69) is 0 Å². The third kappa shape index (κ3) is 3.65. The summed E-state index contributed by atoms with van der Waals surface area (Å²) in [6.45, 7) is 0. The molecule has 7 nitrogen and oxygen atoms in total. The first-order chi connectivity index (χ1) is 17.0. The van der Waals surface area contributed by atoms with Crippen molar-refractivity contribution in [2.24, 2.45) is 0 Å². The zero-order valence-corrected chi connectivity index (χ0v) is 19.6. The molecule has 35 heavy (non-hydrogen) atoms. The number of benzene rings is 2. The van der Waals surface area contributed by atoms with Crippen LogP contribution >= 0.6 is 0 Å². The number of rotatable bonds is 4. The molecule has 180 valence electrons. The van der Waals surface area contributed by atoms with E-state index in [1.54, 1.807) is 36.4 Å².